The second-order valence-electron chi connectivity index (χ2n) is 4.38. The summed E-state index contributed by atoms with van der Waals surface area (Å²) in [5.41, 5.74) is 2.94. The van der Waals surface area contributed by atoms with Crippen LogP contribution in [-0.2, 0) is 0 Å². The second kappa shape index (κ2) is 5.43. The molecule has 0 aliphatic rings. The lowest BCUT2D eigenvalue weighted by Gasteiger charge is -2.07. The maximum atomic E-state index is 9.04. The van der Waals surface area contributed by atoms with Gasteiger partial charge in [0.1, 0.15) is 6.07 Å². The van der Waals surface area contributed by atoms with Crippen LogP contribution in [0.2, 0.25) is 0 Å². The lowest BCUT2D eigenvalue weighted by atomic mass is 10.3. The summed E-state index contributed by atoms with van der Waals surface area (Å²) in [6, 6.07) is 11.8. The number of anilines is 2. The highest BCUT2D eigenvalue weighted by molar-refractivity contribution is 5.62. The minimum Gasteiger partial charge on any atom is -0.335 e. The van der Waals surface area contributed by atoms with Crippen molar-refractivity contribution in [3.63, 3.8) is 0 Å². The zero-order valence-electron chi connectivity index (χ0n) is 11.4. The minimum absolute atomic E-state index is 0.254. The van der Waals surface area contributed by atoms with Gasteiger partial charge in [-0.25, -0.2) is 14.6 Å². The first-order valence-corrected chi connectivity index (χ1v) is 6.38. The summed E-state index contributed by atoms with van der Waals surface area (Å²) >= 11 is 0. The normalized spacial score (nSPS) is 10.1. The third-order valence-corrected chi connectivity index (χ3v) is 3.07. The molecule has 3 aromatic rings. The molecule has 21 heavy (non-hydrogen) atoms. The van der Waals surface area contributed by atoms with Crippen molar-refractivity contribution >= 4 is 11.5 Å². The quantitative estimate of drug-likeness (QED) is 0.795. The zero-order chi connectivity index (χ0) is 14.7. The molecule has 102 valence electrons. The molecule has 0 bridgehead atoms. The fourth-order valence-corrected chi connectivity index (χ4v) is 2.00. The number of nitrogens with zero attached hydrogens (tertiary/aromatic N) is 5. The highest BCUT2D eigenvalue weighted by atomic mass is 15.3. The number of para-hydroxylation sites is 1. The molecule has 0 spiro atoms. The minimum atomic E-state index is 0.254. The molecular formula is C15H12N6. The maximum absolute atomic E-state index is 9.04. The molecule has 2 aromatic heterocycles. The van der Waals surface area contributed by atoms with Crippen LogP contribution in [0.15, 0.2) is 48.9 Å². The summed E-state index contributed by atoms with van der Waals surface area (Å²) in [5.74, 6) is 0.427. The zero-order valence-corrected chi connectivity index (χ0v) is 11.4. The smallest absolute Gasteiger partial charge is 0.183 e. The molecule has 2 heterocycles. The summed E-state index contributed by atoms with van der Waals surface area (Å²) in [6.45, 7) is 1.95. The number of hydrogen-bond acceptors (Lipinski definition) is 5. The van der Waals surface area contributed by atoms with Crippen LogP contribution < -0.4 is 5.32 Å². The number of hydrogen-bond donors (Lipinski definition) is 1. The van der Waals surface area contributed by atoms with Gasteiger partial charge in [0.2, 0.25) is 0 Å². The Hall–Kier alpha value is -3.20. The Morgan fingerprint density at radius 3 is 2.67 bits per heavy atom. The number of nitrogens with one attached hydrogen (secondary N) is 1. The Morgan fingerprint density at radius 2 is 1.90 bits per heavy atom. The summed E-state index contributed by atoms with van der Waals surface area (Å²) < 4.78 is 1.82. The highest BCUT2D eigenvalue weighted by Gasteiger charge is 2.11. The lowest BCUT2D eigenvalue weighted by Crippen LogP contribution is -2.01. The molecule has 1 aromatic carbocycles. The van der Waals surface area contributed by atoms with E-state index in [1.165, 1.54) is 6.20 Å². The van der Waals surface area contributed by atoms with E-state index < -0.39 is 0 Å². The van der Waals surface area contributed by atoms with Crippen LogP contribution in [-0.4, -0.2) is 19.7 Å². The Bertz CT molecular complexity index is 801. The first-order valence-electron chi connectivity index (χ1n) is 6.38. The third kappa shape index (κ3) is 2.44. The third-order valence-electron chi connectivity index (χ3n) is 3.07. The van der Waals surface area contributed by atoms with Crippen molar-refractivity contribution in [1.29, 1.82) is 5.26 Å². The van der Waals surface area contributed by atoms with Crippen LogP contribution in [0.1, 0.15) is 11.4 Å². The van der Waals surface area contributed by atoms with Gasteiger partial charge in [0.15, 0.2) is 11.5 Å². The van der Waals surface area contributed by atoms with Crippen LogP contribution in [0.4, 0.5) is 11.5 Å². The molecule has 0 fully saturated rings. The lowest BCUT2D eigenvalue weighted by molar-refractivity contribution is 0.847. The van der Waals surface area contributed by atoms with Gasteiger partial charge in [-0.2, -0.15) is 10.4 Å². The molecule has 3 rings (SSSR count). The molecule has 0 aliphatic carbocycles. The van der Waals surface area contributed by atoms with Crippen LogP contribution in [0.25, 0.3) is 5.69 Å². The van der Waals surface area contributed by atoms with Crippen LogP contribution in [0, 0.1) is 18.3 Å². The van der Waals surface area contributed by atoms with Gasteiger partial charge >= 0.3 is 0 Å². The molecule has 0 unspecified atom stereocenters. The van der Waals surface area contributed by atoms with Gasteiger partial charge in [0.25, 0.3) is 0 Å². The molecule has 6 nitrogen and oxygen atoms in total. The van der Waals surface area contributed by atoms with Crippen molar-refractivity contribution in [3.8, 4) is 11.8 Å². The highest BCUT2D eigenvalue weighted by Crippen LogP contribution is 2.22. The maximum Gasteiger partial charge on any atom is 0.183 e. The van der Waals surface area contributed by atoms with Crippen molar-refractivity contribution in [2.45, 2.75) is 6.92 Å². The van der Waals surface area contributed by atoms with Gasteiger partial charge in [-0.15, -0.1) is 0 Å². The van der Waals surface area contributed by atoms with E-state index in [2.05, 4.69) is 20.4 Å². The van der Waals surface area contributed by atoms with Gasteiger partial charge < -0.3 is 5.32 Å². The van der Waals surface area contributed by atoms with E-state index in [4.69, 9.17) is 5.26 Å². The van der Waals surface area contributed by atoms with Gasteiger partial charge in [0, 0.05) is 12.4 Å². The summed E-state index contributed by atoms with van der Waals surface area (Å²) in [6.07, 6.45) is 4.74. The summed E-state index contributed by atoms with van der Waals surface area (Å²) in [7, 11) is 0. The number of rotatable bonds is 3. The summed E-state index contributed by atoms with van der Waals surface area (Å²) in [4.78, 5) is 8.11. The van der Waals surface area contributed by atoms with E-state index in [1.54, 1.807) is 12.4 Å². The predicted molar refractivity (Wildman–Crippen MR) is 78.3 cm³/mol. The Kier molecular flexibility index (Phi) is 3.31. The van der Waals surface area contributed by atoms with Gasteiger partial charge in [-0.05, 0) is 19.1 Å². The fourth-order valence-electron chi connectivity index (χ4n) is 2.00. The van der Waals surface area contributed by atoms with Crippen LogP contribution >= 0.6 is 0 Å². The van der Waals surface area contributed by atoms with E-state index in [0.717, 1.165) is 17.1 Å². The van der Waals surface area contributed by atoms with Crippen molar-refractivity contribution in [2.75, 3.05) is 5.32 Å². The topological polar surface area (TPSA) is 79.4 Å². The fraction of sp³-hybridized carbons (Fsp3) is 0.0667. The SMILES string of the molecule is Cc1c(Nc2nccnc2C#N)cnn1-c1ccccc1. The van der Waals surface area contributed by atoms with Gasteiger partial charge in [-0.1, -0.05) is 18.2 Å². The van der Waals surface area contributed by atoms with Crippen LogP contribution in [0.5, 0.6) is 0 Å². The van der Waals surface area contributed by atoms with Crippen molar-refractivity contribution < 1.29 is 0 Å². The van der Waals surface area contributed by atoms with Gasteiger partial charge in [-0.3, -0.25) is 0 Å². The van der Waals surface area contributed by atoms with E-state index in [-0.39, 0.29) is 5.69 Å². The Morgan fingerprint density at radius 1 is 1.14 bits per heavy atom. The average molecular weight is 276 g/mol. The van der Waals surface area contributed by atoms with E-state index in [0.29, 0.717) is 5.82 Å². The molecule has 0 saturated heterocycles. The molecule has 0 radical (unpaired) electrons. The molecule has 0 amide bonds. The number of benzene rings is 1. The van der Waals surface area contributed by atoms with Crippen LogP contribution in [0.3, 0.4) is 0 Å². The Balaban J connectivity index is 1.95. The predicted octanol–water partition coefficient (Wildman–Crippen LogP) is 2.59. The molecule has 0 aliphatic heterocycles. The second-order valence-corrected chi connectivity index (χ2v) is 4.38. The number of nitriles is 1. The molecule has 0 saturated carbocycles. The largest absolute Gasteiger partial charge is 0.335 e. The van der Waals surface area contributed by atoms with E-state index in [1.807, 2.05) is 48.0 Å². The van der Waals surface area contributed by atoms with Gasteiger partial charge in [0.05, 0.1) is 23.3 Å². The Labute approximate surface area is 121 Å². The monoisotopic (exact) mass is 276 g/mol. The van der Waals surface area contributed by atoms with Crippen molar-refractivity contribution in [1.82, 2.24) is 19.7 Å². The number of aromatic nitrogens is 4. The van der Waals surface area contributed by atoms with Crippen molar-refractivity contribution in [3.05, 3.63) is 60.3 Å². The molecule has 1 N–H and O–H groups in total. The standard InChI is InChI=1S/C15H12N6/c1-11-14(20-15-13(9-16)17-7-8-18-15)10-19-21(11)12-5-3-2-4-6-12/h2-8,10H,1H3,(H,18,20). The summed E-state index contributed by atoms with van der Waals surface area (Å²) in [5, 5.41) is 16.5. The molecule has 0 atom stereocenters. The van der Waals surface area contributed by atoms with E-state index in [9.17, 15) is 0 Å². The first kappa shape index (κ1) is 12.8. The molecular weight excluding hydrogens is 264 g/mol. The van der Waals surface area contributed by atoms with Crippen molar-refractivity contribution in [2.24, 2.45) is 0 Å². The first-order chi connectivity index (χ1) is 10.3. The van der Waals surface area contributed by atoms with E-state index >= 15 is 0 Å². The molecule has 6 heteroatoms. The average Bonchev–Trinajstić information content (AvgIpc) is 2.90.